The van der Waals surface area contributed by atoms with Gasteiger partial charge in [0.05, 0.1) is 10.6 Å². The van der Waals surface area contributed by atoms with E-state index in [1.165, 1.54) is 62.2 Å². The minimum atomic E-state index is 0.477. The molecule has 2 N–H and O–H groups in total. The molecule has 2 heterocycles. The fourth-order valence-corrected chi connectivity index (χ4v) is 4.65. The first-order valence-electron chi connectivity index (χ1n) is 8.44. The summed E-state index contributed by atoms with van der Waals surface area (Å²) < 4.78 is 4.12. The number of nitrogens with zero attached hydrogens (tertiary/aromatic N) is 2. The number of nitrogens with one attached hydrogen (secondary N) is 2. The van der Waals surface area contributed by atoms with Crippen molar-refractivity contribution in [1.29, 1.82) is 0 Å². The van der Waals surface area contributed by atoms with Crippen LogP contribution < -0.4 is 10.6 Å². The van der Waals surface area contributed by atoms with E-state index in [9.17, 15) is 0 Å². The zero-order valence-corrected chi connectivity index (χ0v) is 14.1. The van der Waals surface area contributed by atoms with Crippen LogP contribution in [0.15, 0.2) is 0 Å². The number of piperidine rings is 1. The molecule has 0 aromatic carbocycles. The lowest BCUT2D eigenvalue weighted by molar-refractivity contribution is 0.115. The van der Waals surface area contributed by atoms with E-state index in [4.69, 9.17) is 0 Å². The Hall–Kier alpha value is -0.520. The summed E-state index contributed by atoms with van der Waals surface area (Å²) in [4.78, 5) is 1.33. The molecule has 0 bridgehead atoms. The van der Waals surface area contributed by atoms with Gasteiger partial charge in [-0.05, 0) is 74.5 Å². The molecule has 3 rings (SSSR count). The zero-order valence-electron chi connectivity index (χ0n) is 13.3. The van der Waals surface area contributed by atoms with Crippen molar-refractivity contribution in [3.05, 3.63) is 10.6 Å². The predicted octanol–water partition coefficient (Wildman–Crippen LogP) is 3.06. The Balaban J connectivity index is 1.48. The van der Waals surface area contributed by atoms with Crippen molar-refractivity contribution in [3.63, 3.8) is 0 Å². The monoisotopic (exact) mass is 308 g/mol. The third kappa shape index (κ3) is 3.63. The van der Waals surface area contributed by atoms with E-state index >= 15 is 0 Å². The Morgan fingerprint density at radius 3 is 2.62 bits per heavy atom. The summed E-state index contributed by atoms with van der Waals surface area (Å²) >= 11 is 1.56. The molecule has 1 spiro atoms. The van der Waals surface area contributed by atoms with Crippen LogP contribution in [-0.4, -0.2) is 28.7 Å². The van der Waals surface area contributed by atoms with Gasteiger partial charge >= 0.3 is 0 Å². The molecule has 1 aliphatic heterocycles. The van der Waals surface area contributed by atoms with Crippen LogP contribution in [0.3, 0.4) is 0 Å². The van der Waals surface area contributed by atoms with Gasteiger partial charge in [0.15, 0.2) is 0 Å². The first-order chi connectivity index (χ1) is 10.2. The molecule has 0 amide bonds. The van der Waals surface area contributed by atoms with Gasteiger partial charge in [0, 0.05) is 12.6 Å². The normalized spacial score (nSPS) is 23.0. The van der Waals surface area contributed by atoms with Crippen LogP contribution in [0, 0.1) is 5.41 Å². The van der Waals surface area contributed by atoms with E-state index in [0.29, 0.717) is 17.4 Å². The fraction of sp³-hybridized carbons (Fsp3) is 0.875. The van der Waals surface area contributed by atoms with Crippen molar-refractivity contribution < 1.29 is 0 Å². The van der Waals surface area contributed by atoms with E-state index in [2.05, 4.69) is 34.1 Å². The highest BCUT2D eigenvalue weighted by molar-refractivity contribution is 7.05. The lowest BCUT2D eigenvalue weighted by Crippen LogP contribution is -2.43. The number of aromatic nitrogens is 2. The average Bonchev–Trinajstić information content (AvgIpc) is 2.96. The summed E-state index contributed by atoms with van der Waals surface area (Å²) in [6.07, 6.45) is 8.26. The van der Waals surface area contributed by atoms with Crippen molar-refractivity contribution in [2.75, 3.05) is 13.1 Å². The van der Waals surface area contributed by atoms with Gasteiger partial charge in [-0.15, -0.1) is 5.10 Å². The van der Waals surface area contributed by atoms with Gasteiger partial charge in [-0.1, -0.05) is 18.3 Å². The molecule has 0 unspecified atom stereocenters. The SMILES string of the molecule is CC(C)c1nnsc1CNC1CCC2(CCNCC2)CC1. The van der Waals surface area contributed by atoms with Gasteiger partial charge in [-0.3, -0.25) is 0 Å². The van der Waals surface area contributed by atoms with Crippen molar-refractivity contribution in [2.24, 2.45) is 5.41 Å². The maximum Gasteiger partial charge on any atom is 0.0826 e. The van der Waals surface area contributed by atoms with Crippen molar-refractivity contribution in [1.82, 2.24) is 20.2 Å². The van der Waals surface area contributed by atoms with Gasteiger partial charge < -0.3 is 10.6 Å². The minimum absolute atomic E-state index is 0.477. The van der Waals surface area contributed by atoms with Gasteiger partial charge in [0.2, 0.25) is 0 Å². The van der Waals surface area contributed by atoms with Crippen molar-refractivity contribution in [2.45, 2.75) is 70.9 Å². The molecule has 0 radical (unpaired) electrons. The predicted molar refractivity (Wildman–Crippen MR) is 87.6 cm³/mol. The summed E-state index contributed by atoms with van der Waals surface area (Å²) in [6.45, 7) is 7.79. The molecule has 1 aromatic heterocycles. The van der Waals surface area contributed by atoms with Crippen LogP contribution >= 0.6 is 11.5 Å². The summed E-state index contributed by atoms with van der Waals surface area (Å²) in [5.41, 5.74) is 1.84. The minimum Gasteiger partial charge on any atom is -0.317 e. The molecule has 21 heavy (non-hydrogen) atoms. The average molecular weight is 308 g/mol. The molecule has 2 fully saturated rings. The molecule has 1 saturated carbocycles. The number of hydrogen-bond donors (Lipinski definition) is 2. The molecule has 2 aliphatic rings. The van der Waals surface area contributed by atoms with E-state index in [0.717, 1.165) is 6.54 Å². The van der Waals surface area contributed by atoms with Crippen LogP contribution in [0.2, 0.25) is 0 Å². The van der Waals surface area contributed by atoms with Gasteiger partial charge in [0.25, 0.3) is 0 Å². The van der Waals surface area contributed by atoms with E-state index < -0.39 is 0 Å². The summed E-state index contributed by atoms with van der Waals surface area (Å²) in [7, 11) is 0. The molecular formula is C16H28N4S. The smallest absolute Gasteiger partial charge is 0.0826 e. The zero-order chi connectivity index (χ0) is 14.7. The van der Waals surface area contributed by atoms with Gasteiger partial charge in [0.1, 0.15) is 0 Å². The Kier molecular flexibility index (Phi) is 4.92. The Morgan fingerprint density at radius 1 is 1.24 bits per heavy atom. The highest BCUT2D eigenvalue weighted by Crippen LogP contribution is 2.43. The van der Waals surface area contributed by atoms with E-state index in [1.807, 2.05) is 0 Å². The van der Waals surface area contributed by atoms with Crippen LogP contribution in [0.5, 0.6) is 0 Å². The summed E-state index contributed by atoms with van der Waals surface area (Å²) in [6, 6.07) is 0.688. The van der Waals surface area contributed by atoms with Crippen molar-refractivity contribution >= 4 is 11.5 Å². The Morgan fingerprint density at radius 2 is 1.95 bits per heavy atom. The second-order valence-corrected chi connectivity index (χ2v) is 7.98. The molecule has 1 aliphatic carbocycles. The maximum absolute atomic E-state index is 4.27. The molecule has 4 nitrogen and oxygen atoms in total. The third-order valence-electron chi connectivity index (χ3n) is 5.39. The second-order valence-electron chi connectivity index (χ2n) is 7.14. The highest BCUT2D eigenvalue weighted by Gasteiger charge is 2.35. The summed E-state index contributed by atoms with van der Waals surface area (Å²) in [5.74, 6) is 0.477. The van der Waals surface area contributed by atoms with E-state index in [1.54, 1.807) is 11.5 Å². The Bertz CT molecular complexity index is 441. The van der Waals surface area contributed by atoms with E-state index in [-0.39, 0.29) is 0 Å². The number of hydrogen-bond acceptors (Lipinski definition) is 5. The van der Waals surface area contributed by atoms with Crippen LogP contribution in [0.4, 0.5) is 0 Å². The quantitative estimate of drug-likeness (QED) is 0.897. The topological polar surface area (TPSA) is 49.8 Å². The first-order valence-corrected chi connectivity index (χ1v) is 9.21. The molecule has 118 valence electrons. The van der Waals surface area contributed by atoms with Gasteiger partial charge in [-0.25, -0.2) is 0 Å². The van der Waals surface area contributed by atoms with Crippen LogP contribution in [0.25, 0.3) is 0 Å². The van der Waals surface area contributed by atoms with Crippen molar-refractivity contribution in [3.8, 4) is 0 Å². The summed E-state index contributed by atoms with van der Waals surface area (Å²) in [5, 5.41) is 11.5. The van der Waals surface area contributed by atoms with Crippen LogP contribution in [0.1, 0.15) is 68.9 Å². The molecule has 1 aromatic rings. The molecule has 1 saturated heterocycles. The molecular weight excluding hydrogens is 280 g/mol. The number of rotatable bonds is 4. The maximum atomic E-state index is 4.27. The lowest BCUT2D eigenvalue weighted by Gasteiger charge is -2.43. The third-order valence-corrected chi connectivity index (χ3v) is 6.13. The lowest BCUT2D eigenvalue weighted by atomic mass is 9.67. The second kappa shape index (κ2) is 6.71. The fourth-order valence-electron chi connectivity index (χ4n) is 3.90. The standard InChI is InChI=1S/C16H28N4S/c1-12(2)15-14(21-20-19-15)11-18-13-3-5-16(6-4-13)7-9-17-10-8-16/h12-13,17-18H,3-11H2,1-2H3. The first kappa shape index (κ1) is 15.4. The largest absolute Gasteiger partial charge is 0.317 e. The molecule has 0 atom stereocenters. The molecule has 5 heteroatoms. The van der Waals surface area contributed by atoms with Gasteiger partial charge in [-0.2, -0.15) is 0 Å². The van der Waals surface area contributed by atoms with Crippen LogP contribution in [-0.2, 0) is 6.54 Å². The Labute approximate surface area is 132 Å². The highest BCUT2D eigenvalue weighted by atomic mass is 32.1.